The molecule has 31 heavy (non-hydrogen) atoms. The Morgan fingerprint density at radius 2 is 2.03 bits per heavy atom. The Kier molecular flexibility index (Phi) is 6.69. The summed E-state index contributed by atoms with van der Waals surface area (Å²) in [4.78, 5) is 8.36. The lowest BCUT2D eigenvalue weighted by molar-refractivity contribution is 0.193. The van der Waals surface area contributed by atoms with Gasteiger partial charge in [-0.1, -0.05) is 13.8 Å². The van der Waals surface area contributed by atoms with E-state index in [0.717, 1.165) is 29.3 Å². The molecule has 166 valence electrons. The number of ether oxygens (including phenoxy) is 1. The zero-order chi connectivity index (χ0) is 22.0. The van der Waals surface area contributed by atoms with Crippen LogP contribution in [0.1, 0.15) is 38.2 Å². The van der Waals surface area contributed by atoms with Gasteiger partial charge in [-0.2, -0.15) is 14.6 Å². The van der Waals surface area contributed by atoms with Gasteiger partial charge in [0.1, 0.15) is 12.4 Å². The summed E-state index contributed by atoms with van der Waals surface area (Å²) in [6.45, 7) is 6.11. The minimum atomic E-state index is 0.330. The predicted molar refractivity (Wildman–Crippen MR) is 127 cm³/mol. The topological polar surface area (TPSA) is 57.9 Å². The quantitative estimate of drug-likeness (QED) is 0.512. The Labute approximate surface area is 188 Å². The summed E-state index contributed by atoms with van der Waals surface area (Å²) in [5, 5.41) is 8.10. The monoisotopic (exact) mass is 440 g/mol. The van der Waals surface area contributed by atoms with Crippen molar-refractivity contribution in [1.29, 1.82) is 0 Å². The van der Waals surface area contributed by atoms with E-state index in [0.29, 0.717) is 24.4 Å². The SMILES string of the molecule is CC(C)c1cnn2c(Nc3ccc(SN(C)C)cc3)cc(OCC3CCCN3C)nc12. The molecule has 0 spiro atoms. The van der Waals surface area contributed by atoms with E-state index in [1.54, 1.807) is 11.9 Å². The third-order valence-corrected chi connectivity index (χ3v) is 6.46. The van der Waals surface area contributed by atoms with E-state index in [4.69, 9.17) is 9.72 Å². The van der Waals surface area contributed by atoms with Crippen molar-refractivity contribution < 1.29 is 4.74 Å². The second-order valence-electron chi connectivity index (χ2n) is 8.61. The standard InChI is InChI=1S/C23H32N6OS/c1-16(2)20-14-24-29-21(25-17-8-10-19(11-9-17)31-27(3)4)13-22(26-23(20)29)30-15-18-7-6-12-28(18)5/h8-11,13-14,16,18,25H,6-7,12,15H2,1-5H3. The molecule has 7 nitrogen and oxygen atoms in total. The van der Waals surface area contributed by atoms with Gasteiger partial charge in [0.15, 0.2) is 5.65 Å². The molecule has 1 N–H and O–H groups in total. The summed E-state index contributed by atoms with van der Waals surface area (Å²) in [5.41, 5.74) is 2.96. The van der Waals surface area contributed by atoms with Crippen LogP contribution in [0.3, 0.4) is 0 Å². The van der Waals surface area contributed by atoms with E-state index in [9.17, 15) is 0 Å². The van der Waals surface area contributed by atoms with Gasteiger partial charge in [-0.3, -0.25) is 4.31 Å². The number of rotatable bonds is 8. The molecular weight excluding hydrogens is 408 g/mol. The number of hydrogen-bond acceptors (Lipinski definition) is 7. The van der Waals surface area contributed by atoms with E-state index in [1.807, 2.05) is 30.9 Å². The maximum Gasteiger partial charge on any atom is 0.219 e. The van der Waals surface area contributed by atoms with Gasteiger partial charge < -0.3 is 15.0 Å². The van der Waals surface area contributed by atoms with Gasteiger partial charge in [-0.05, 0) is 82.7 Å². The molecule has 1 aliphatic heterocycles. The molecule has 4 rings (SSSR count). The van der Waals surface area contributed by atoms with Crippen molar-refractivity contribution in [3.63, 3.8) is 0 Å². The molecule has 1 saturated heterocycles. The van der Waals surface area contributed by atoms with Crippen molar-refractivity contribution in [2.45, 2.75) is 43.5 Å². The molecule has 0 radical (unpaired) electrons. The summed E-state index contributed by atoms with van der Waals surface area (Å²) >= 11 is 1.70. The molecule has 0 bridgehead atoms. The molecule has 1 aliphatic rings. The number of aromatic nitrogens is 3. The summed E-state index contributed by atoms with van der Waals surface area (Å²) in [7, 11) is 6.25. The van der Waals surface area contributed by atoms with Crippen LogP contribution >= 0.6 is 11.9 Å². The Balaban J connectivity index is 1.61. The zero-order valence-electron chi connectivity index (χ0n) is 19.0. The molecule has 2 aromatic heterocycles. The Morgan fingerprint density at radius 1 is 1.26 bits per heavy atom. The van der Waals surface area contributed by atoms with Crippen molar-refractivity contribution in [1.82, 2.24) is 23.8 Å². The van der Waals surface area contributed by atoms with Crippen LogP contribution in [-0.4, -0.2) is 64.1 Å². The summed E-state index contributed by atoms with van der Waals surface area (Å²) in [5.74, 6) is 1.81. The first-order valence-electron chi connectivity index (χ1n) is 10.8. The van der Waals surface area contributed by atoms with Gasteiger partial charge in [0.25, 0.3) is 0 Å². The number of likely N-dealkylation sites (N-methyl/N-ethyl adjacent to an activating group) is 1. The third-order valence-electron chi connectivity index (χ3n) is 5.61. The Hall–Kier alpha value is -2.29. The van der Waals surface area contributed by atoms with Crippen LogP contribution in [0.15, 0.2) is 41.4 Å². The molecule has 1 fully saturated rings. The lowest BCUT2D eigenvalue weighted by Crippen LogP contribution is -2.30. The fraction of sp³-hybridized carbons (Fsp3) is 0.478. The Bertz CT molecular complexity index is 1020. The maximum absolute atomic E-state index is 6.17. The second-order valence-corrected chi connectivity index (χ2v) is 9.99. The van der Waals surface area contributed by atoms with Crippen LogP contribution in [0.2, 0.25) is 0 Å². The first-order valence-corrected chi connectivity index (χ1v) is 11.6. The highest BCUT2D eigenvalue weighted by molar-refractivity contribution is 7.97. The highest BCUT2D eigenvalue weighted by Crippen LogP contribution is 2.28. The van der Waals surface area contributed by atoms with Crippen LogP contribution in [0.4, 0.5) is 11.5 Å². The lowest BCUT2D eigenvalue weighted by Gasteiger charge is -2.20. The summed E-state index contributed by atoms with van der Waals surface area (Å²) < 4.78 is 10.1. The van der Waals surface area contributed by atoms with Crippen LogP contribution in [0.25, 0.3) is 5.65 Å². The van der Waals surface area contributed by atoms with Crippen LogP contribution in [-0.2, 0) is 0 Å². The number of nitrogens with one attached hydrogen (secondary N) is 1. The number of likely N-dealkylation sites (tertiary alicyclic amines) is 1. The Morgan fingerprint density at radius 3 is 2.68 bits per heavy atom. The molecule has 1 aromatic carbocycles. The average molecular weight is 441 g/mol. The van der Waals surface area contributed by atoms with Crippen LogP contribution in [0.5, 0.6) is 5.88 Å². The number of nitrogens with zero attached hydrogens (tertiary/aromatic N) is 5. The lowest BCUT2D eigenvalue weighted by atomic mass is 10.1. The highest BCUT2D eigenvalue weighted by atomic mass is 32.2. The van der Waals surface area contributed by atoms with E-state index >= 15 is 0 Å². The number of anilines is 2. The van der Waals surface area contributed by atoms with E-state index in [-0.39, 0.29) is 0 Å². The van der Waals surface area contributed by atoms with Gasteiger partial charge in [0.2, 0.25) is 5.88 Å². The fourth-order valence-electron chi connectivity index (χ4n) is 3.86. The van der Waals surface area contributed by atoms with Gasteiger partial charge in [-0.15, -0.1) is 0 Å². The van der Waals surface area contributed by atoms with Gasteiger partial charge in [0.05, 0.1) is 6.20 Å². The maximum atomic E-state index is 6.17. The molecule has 0 saturated carbocycles. The van der Waals surface area contributed by atoms with Gasteiger partial charge >= 0.3 is 0 Å². The van der Waals surface area contributed by atoms with Crippen molar-refractivity contribution >= 4 is 29.1 Å². The first kappa shape index (κ1) is 21.9. The number of fused-ring (bicyclic) bond motifs is 1. The molecule has 3 aromatic rings. The fourth-order valence-corrected chi connectivity index (χ4v) is 4.54. The smallest absolute Gasteiger partial charge is 0.219 e. The molecule has 1 atom stereocenters. The van der Waals surface area contributed by atoms with Crippen molar-refractivity contribution in [2.75, 3.05) is 39.6 Å². The first-order chi connectivity index (χ1) is 14.9. The second kappa shape index (κ2) is 9.46. The molecule has 8 heteroatoms. The van der Waals surface area contributed by atoms with Gasteiger partial charge in [0, 0.05) is 28.3 Å². The van der Waals surface area contributed by atoms with Crippen LogP contribution in [0, 0.1) is 0 Å². The normalized spacial score (nSPS) is 17.2. The van der Waals surface area contributed by atoms with E-state index < -0.39 is 0 Å². The zero-order valence-corrected chi connectivity index (χ0v) is 19.8. The van der Waals surface area contributed by atoms with Crippen molar-refractivity contribution in [3.8, 4) is 5.88 Å². The largest absolute Gasteiger partial charge is 0.476 e. The van der Waals surface area contributed by atoms with E-state index in [2.05, 4.69) is 64.8 Å². The molecule has 1 unspecified atom stereocenters. The molecule has 3 heterocycles. The molecule has 0 amide bonds. The van der Waals surface area contributed by atoms with Crippen molar-refractivity contribution in [2.24, 2.45) is 0 Å². The van der Waals surface area contributed by atoms with Crippen LogP contribution < -0.4 is 10.1 Å². The van der Waals surface area contributed by atoms with Crippen molar-refractivity contribution in [3.05, 3.63) is 42.1 Å². The third kappa shape index (κ3) is 5.14. The van der Waals surface area contributed by atoms with E-state index in [1.165, 1.54) is 17.7 Å². The minimum Gasteiger partial charge on any atom is -0.476 e. The molecule has 0 aliphatic carbocycles. The minimum absolute atomic E-state index is 0.330. The summed E-state index contributed by atoms with van der Waals surface area (Å²) in [6, 6.07) is 10.8. The summed E-state index contributed by atoms with van der Waals surface area (Å²) in [6.07, 6.45) is 4.31. The highest BCUT2D eigenvalue weighted by Gasteiger charge is 2.22. The molecular formula is C23H32N6OS. The average Bonchev–Trinajstić information content (AvgIpc) is 3.33. The predicted octanol–water partition coefficient (Wildman–Crippen LogP) is 4.64. The number of hydrogen-bond donors (Lipinski definition) is 1. The number of benzene rings is 1. The van der Waals surface area contributed by atoms with Gasteiger partial charge in [-0.25, -0.2) is 0 Å².